The molecule has 1 aromatic carbocycles. The summed E-state index contributed by atoms with van der Waals surface area (Å²) in [6.07, 6.45) is 12.2. The van der Waals surface area contributed by atoms with Gasteiger partial charge in [-0.15, -0.1) is 0 Å². The van der Waals surface area contributed by atoms with Crippen LogP contribution in [0.25, 0.3) is 5.57 Å². The van der Waals surface area contributed by atoms with Crippen LogP contribution in [0, 0.1) is 23.3 Å². The van der Waals surface area contributed by atoms with Gasteiger partial charge < -0.3 is 15.0 Å². The smallest absolute Gasteiger partial charge is 0.269 e. The number of rotatable bonds is 5. The minimum atomic E-state index is -0.306. The molecule has 1 saturated heterocycles. The number of hydrogen-bond acceptors (Lipinski definition) is 5. The number of amides is 1. The minimum Gasteiger partial charge on any atom is -0.457 e. The molecule has 1 aliphatic heterocycles. The summed E-state index contributed by atoms with van der Waals surface area (Å²) in [5.74, 6) is 1.74. The molecule has 2 fully saturated rings. The topological polar surface area (TPSA) is 94.0 Å². The Kier molecular flexibility index (Phi) is 5.06. The van der Waals surface area contributed by atoms with E-state index in [1.54, 1.807) is 11.0 Å². The zero-order chi connectivity index (χ0) is 22.1. The van der Waals surface area contributed by atoms with Gasteiger partial charge in [0.15, 0.2) is 6.19 Å². The van der Waals surface area contributed by atoms with E-state index in [1.165, 1.54) is 0 Å². The Labute approximate surface area is 187 Å². The van der Waals surface area contributed by atoms with Gasteiger partial charge in [-0.3, -0.25) is 9.89 Å². The first-order valence-electron chi connectivity index (χ1n) is 10.9. The maximum Gasteiger partial charge on any atom is 0.269 e. The fourth-order valence-corrected chi connectivity index (χ4v) is 4.72. The SMILES string of the molecule is CC1C=CC=C(Oc2ccccc2)C(c2cc(C(=O)NC34CCC3CN(C#N)C4)[nH]n2)=C1. The number of H-pyrrole nitrogens is 1. The summed E-state index contributed by atoms with van der Waals surface area (Å²) in [5, 5.41) is 19.7. The summed E-state index contributed by atoms with van der Waals surface area (Å²) in [6.45, 7) is 3.38. The Morgan fingerprint density at radius 2 is 2.22 bits per heavy atom. The number of benzene rings is 1. The van der Waals surface area contributed by atoms with Gasteiger partial charge in [0.25, 0.3) is 5.91 Å². The van der Waals surface area contributed by atoms with Crippen LogP contribution in [0.1, 0.15) is 35.9 Å². The predicted molar refractivity (Wildman–Crippen MR) is 120 cm³/mol. The maximum absolute atomic E-state index is 13.0. The lowest BCUT2D eigenvalue weighted by atomic mass is 9.69. The number of carbonyl (C=O) groups excluding carboxylic acids is 1. The lowest BCUT2D eigenvalue weighted by molar-refractivity contribution is 0.0757. The number of aromatic nitrogens is 2. The molecule has 7 heteroatoms. The van der Waals surface area contributed by atoms with E-state index in [-0.39, 0.29) is 17.4 Å². The molecule has 0 bridgehead atoms. The molecule has 1 saturated carbocycles. The third-order valence-corrected chi connectivity index (χ3v) is 6.56. The zero-order valence-electron chi connectivity index (χ0n) is 17.9. The largest absolute Gasteiger partial charge is 0.457 e. The van der Waals surface area contributed by atoms with E-state index in [0.29, 0.717) is 36.2 Å². The Morgan fingerprint density at radius 1 is 1.38 bits per heavy atom. The van der Waals surface area contributed by atoms with Crippen molar-refractivity contribution in [1.82, 2.24) is 20.4 Å². The molecule has 3 aliphatic rings. The number of carbonyl (C=O) groups is 1. The highest BCUT2D eigenvalue weighted by Gasteiger charge is 2.54. The lowest BCUT2D eigenvalue weighted by Gasteiger charge is -2.44. The first-order chi connectivity index (χ1) is 15.6. The van der Waals surface area contributed by atoms with Crippen LogP contribution >= 0.6 is 0 Å². The van der Waals surface area contributed by atoms with Crippen LogP contribution in [0.5, 0.6) is 5.75 Å². The first-order valence-corrected chi connectivity index (χ1v) is 10.9. The number of hydrogen-bond donors (Lipinski definition) is 2. The van der Waals surface area contributed by atoms with E-state index in [9.17, 15) is 10.1 Å². The molecule has 32 heavy (non-hydrogen) atoms. The third kappa shape index (κ3) is 3.69. The Bertz CT molecular complexity index is 1160. The molecular formula is C25H25N5O2. The van der Waals surface area contributed by atoms with Crippen molar-refractivity contribution in [2.75, 3.05) is 13.1 Å². The van der Waals surface area contributed by atoms with E-state index >= 15 is 0 Å². The van der Waals surface area contributed by atoms with E-state index < -0.39 is 0 Å². The van der Waals surface area contributed by atoms with Crippen molar-refractivity contribution in [2.45, 2.75) is 25.3 Å². The maximum atomic E-state index is 13.0. The highest BCUT2D eigenvalue weighted by Crippen LogP contribution is 2.44. The molecule has 162 valence electrons. The van der Waals surface area contributed by atoms with Crippen LogP contribution < -0.4 is 10.1 Å². The van der Waals surface area contributed by atoms with Crippen molar-refractivity contribution in [3.05, 3.63) is 77.8 Å². The summed E-state index contributed by atoms with van der Waals surface area (Å²) in [6, 6.07) is 11.4. The number of nitrogens with one attached hydrogen (secondary N) is 2. The Hall–Kier alpha value is -3.79. The fourth-order valence-electron chi connectivity index (χ4n) is 4.72. The highest BCUT2D eigenvalue weighted by molar-refractivity contribution is 5.94. The fraction of sp³-hybridized carbons (Fsp3) is 0.320. The molecular weight excluding hydrogens is 402 g/mol. The molecule has 3 atom stereocenters. The van der Waals surface area contributed by atoms with Gasteiger partial charge in [-0.05, 0) is 43.0 Å². The monoisotopic (exact) mass is 427 g/mol. The minimum absolute atomic E-state index is 0.192. The van der Waals surface area contributed by atoms with Crippen molar-refractivity contribution >= 4 is 11.5 Å². The van der Waals surface area contributed by atoms with Crippen molar-refractivity contribution in [3.8, 4) is 11.9 Å². The van der Waals surface area contributed by atoms with Gasteiger partial charge in [0.05, 0.1) is 17.8 Å². The quantitative estimate of drug-likeness (QED) is 0.711. The molecule has 2 aliphatic carbocycles. The number of likely N-dealkylation sites (tertiary alicyclic amines) is 1. The molecule has 2 heterocycles. The second-order valence-corrected chi connectivity index (χ2v) is 8.76. The van der Waals surface area contributed by atoms with Crippen LogP contribution in [0.3, 0.4) is 0 Å². The molecule has 1 amide bonds. The normalized spacial score (nSPS) is 26.2. The van der Waals surface area contributed by atoms with Crippen molar-refractivity contribution in [2.24, 2.45) is 11.8 Å². The van der Waals surface area contributed by atoms with Crippen LogP contribution in [0.2, 0.25) is 0 Å². The Balaban J connectivity index is 1.36. The molecule has 5 rings (SSSR count). The first kappa shape index (κ1) is 20.1. The number of nitrogens with zero attached hydrogens (tertiary/aromatic N) is 3. The van der Waals surface area contributed by atoms with Gasteiger partial charge in [0, 0.05) is 18.0 Å². The van der Waals surface area contributed by atoms with Crippen LogP contribution in [-0.2, 0) is 0 Å². The summed E-state index contributed by atoms with van der Waals surface area (Å²) in [4.78, 5) is 14.8. The number of allylic oxidation sites excluding steroid dienone is 5. The second-order valence-electron chi connectivity index (χ2n) is 8.76. The molecule has 2 N–H and O–H groups in total. The van der Waals surface area contributed by atoms with Crippen molar-refractivity contribution < 1.29 is 9.53 Å². The molecule has 3 unspecified atom stereocenters. The summed E-state index contributed by atoms with van der Waals surface area (Å²) in [7, 11) is 0. The average molecular weight is 428 g/mol. The van der Waals surface area contributed by atoms with E-state index in [0.717, 1.165) is 24.2 Å². The standard InChI is InChI=1S/C25H25N5O2/c1-17-6-5-9-23(32-19-7-3-2-4-8-19)20(12-17)21-13-22(29-28-21)24(31)27-25-11-10-18(25)14-30(15-25)16-26/h2-9,12-13,17-18H,10-11,14-15H2,1H3,(H,27,31)(H,28,29). The van der Waals surface area contributed by atoms with E-state index in [4.69, 9.17) is 4.74 Å². The summed E-state index contributed by atoms with van der Waals surface area (Å²) < 4.78 is 6.14. The number of aromatic amines is 1. The molecule has 7 nitrogen and oxygen atoms in total. The molecule has 2 aromatic rings. The van der Waals surface area contributed by atoms with Gasteiger partial charge in [-0.25, -0.2) is 0 Å². The molecule has 0 radical (unpaired) electrons. The number of fused-ring (bicyclic) bond motifs is 1. The highest BCUT2D eigenvalue weighted by atomic mass is 16.5. The molecule has 0 spiro atoms. The van der Waals surface area contributed by atoms with Crippen molar-refractivity contribution in [3.63, 3.8) is 0 Å². The molecule has 1 aromatic heterocycles. The number of ether oxygens (including phenoxy) is 1. The number of nitriles is 1. The van der Waals surface area contributed by atoms with Gasteiger partial charge >= 0.3 is 0 Å². The summed E-state index contributed by atoms with van der Waals surface area (Å²) in [5.41, 5.74) is 1.58. The van der Waals surface area contributed by atoms with Gasteiger partial charge in [-0.2, -0.15) is 10.4 Å². The summed E-state index contributed by atoms with van der Waals surface area (Å²) >= 11 is 0. The second kappa shape index (κ2) is 8.04. The predicted octanol–water partition coefficient (Wildman–Crippen LogP) is 3.64. The van der Waals surface area contributed by atoms with Gasteiger partial charge in [0.2, 0.25) is 0 Å². The van der Waals surface area contributed by atoms with Crippen LogP contribution in [0.4, 0.5) is 0 Å². The van der Waals surface area contributed by atoms with E-state index in [1.807, 2.05) is 42.5 Å². The van der Waals surface area contributed by atoms with E-state index in [2.05, 4.69) is 40.8 Å². The lowest BCUT2D eigenvalue weighted by Crippen LogP contribution is -2.60. The van der Waals surface area contributed by atoms with Gasteiger partial charge in [-0.1, -0.05) is 43.4 Å². The van der Waals surface area contributed by atoms with Crippen LogP contribution in [0.15, 0.2) is 66.5 Å². The third-order valence-electron chi connectivity index (χ3n) is 6.56. The van der Waals surface area contributed by atoms with Gasteiger partial charge in [0.1, 0.15) is 17.2 Å². The van der Waals surface area contributed by atoms with Crippen LogP contribution in [-0.4, -0.2) is 39.6 Å². The average Bonchev–Trinajstić information content (AvgIpc) is 3.31. The van der Waals surface area contributed by atoms with Crippen molar-refractivity contribution in [1.29, 1.82) is 5.26 Å². The number of para-hydroxylation sites is 1. The zero-order valence-corrected chi connectivity index (χ0v) is 17.9. The Morgan fingerprint density at radius 3 is 2.97 bits per heavy atom.